The molecule has 0 aromatic heterocycles. The zero-order valence-corrected chi connectivity index (χ0v) is 12.4. The molecule has 0 spiro atoms. The van der Waals surface area contributed by atoms with Gasteiger partial charge >= 0.3 is 5.97 Å². The molecule has 2 aromatic carbocycles. The van der Waals surface area contributed by atoms with Crippen LogP contribution in [0.4, 0.5) is 4.39 Å². The standard InChI is InChI=1S/C14H9BrClFO3/c15-11-5-8(1-3-12(11)17)7-20-13-4-2-9(16)6-10(13)14(18)19/h1-6H,7H2,(H,18,19). The van der Waals surface area contributed by atoms with Crippen LogP contribution in [0.5, 0.6) is 5.75 Å². The van der Waals surface area contributed by atoms with Gasteiger partial charge in [-0.3, -0.25) is 0 Å². The predicted octanol–water partition coefficient (Wildman–Crippen LogP) is 4.52. The minimum Gasteiger partial charge on any atom is -0.488 e. The lowest BCUT2D eigenvalue weighted by Crippen LogP contribution is -2.03. The number of carbonyl (C=O) groups is 1. The average molecular weight is 360 g/mol. The molecule has 0 unspecified atom stereocenters. The van der Waals surface area contributed by atoms with Crippen molar-refractivity contribution in [1.82, 2.24) is 0 Å². The predicted molar refractivity (Wildman–Crippen MR) is 76.8 cm³/mol. The summed E-state index contributed by atoms with van der Waals surface area (Å²) in [4.78, 5) is 11.1. The van der Waals surface area contributed by atoms with Crippen molar-refractivity contribution in [1.29, 1.82) is 0 Å². The molecule has 3 nitrogen and oxygen atoms in total. The summed E-state index contributed by atoms with van der Waals surface area (Å²) < 4.78 is 18.9. The van der Waals surface area contributed by atoms with Crippen LogP contribution in [-0.2, 0) is 6.61 Å². The molecule has 0 aliphatic rings. The second kappa shape index (κ2) is 6.24. The zero-order chi connectivity index (χ0) is 14.7. The highest BCUT2D eigenvalue weighted by atomic mass is 79.9. The van der Waals surface area contributed by atoms with Gasteiger partial charge in [0.15, 0.2) is 0 Å². The molecule has 1 N–H and O–H groups in total. The van der Waals surface area contributed by atoms with Crippen molar-refractivity contribution < 1.29 is 19.0 Å². The van der Waals surface area contributed by atoms with Gasteiger partial charge in [-0.1, -0.05) is 17.7 Å². The lowest BCUT2D eigenvalue weighted by Gasteiger charge is -2.10. The molecule has 0 fully saturated rings. The van der Waals surface area contributed by atoms with Crippen molar-refractivity contribution in [3.05, 3.63) is 62.8 Å². The Morgan fingerprint density at radius 3 is 2.70 bits per heavy atom. The topological polar surface area (TPSA) is 46.5 Å². The Balaban J connectivity index is 2.18. The number of aromatic carboxylic acids is 1. The normalized spacial score (nSPS) is 10.3. The maximum atomic E-state index is 13.1. The first-order valence-electron chi connectivity index (χ1n) is 5.57. The van der Waals surface area contributed by atoms with Crippen molar-refractivity contribution in [3.8, 4) is 5.75 Å². The van der Waals surface area contributed by atoms with Crippen molar-refractivity contribution >= 4 is 33.5 Å². The Morgan fingerprint density at radius 1 is 1.30 bits per heavy atom. The number of ether oxygens (including phenoxy) is 1. The number of hydrogen-bond acceptors (Lipinski definition) is 2. The fourth-order valence-corrected chi connectivity index (χ4v) is 2.18. The lowest BCUT2D eigenvalue weighted by atomic mass is 10.2. The minimum absolute atomic E-state index is 0.0151. The lowest BCUT2D eigenvalue weighted by molar-refractivity contribution is 0.0691. The average Bonchev–Trinajstić information content (AvgIpc) is 2.41. The maximum absolute atomic E-state index is 13.1. The molecule has 0 aliphatic heterocycles. The van der Waals surface area contributed by atoms with Gasteiger partial charge < -0.3 is 9.84 Å². The van der Waals surface area contributed by atoms with Gasteiger partial charge in [-0.25, -0.2) is 9.18 Å². The second-order valence-corrected chi connectivity index (χ2v) is 5.27. The fraction of sp³-hybridized carbons (Fsp3) is 0.0714. The Hall–Kier alpha value is -1.59. The summed E-state index contributed by atoms with van der Waals surface area (Å²) in [6, 6.07) is 8.80. The summed E-state index contributed by atoms with van der Waals surface area (Å²) in [6.45, 7) is 0.126. The van der Waals surface area contributed by atoms with E-state index in [1.165, 1.54) is 18.2 Å². The Kier molecular flexibility index (Phi) is 4.62. The first kappa shape index (κ1) is 14.8. The van der Waals surface area contributed by atoms with Gasteiger partial charge in [0.25, 0.3) is 0 Å². The van der Waals surface area contributed by atoms with Crippen LogP contribution >= 0.6 is 27.5 Å². The molecular formula is C14H9BrClFO3. The van der Waals surface area contributed by atoms with E-state index in [4.69, 9.17) is 21.4 Å². The van der Waals surface area contributed by atoms with Gasteiger partial charge in [-0.2, -0.15) is 0 Å². The van der Waals surface area contributed by atoms with E-state index in [0.717, 1.165) is 0 Å². The van der Waals surface area contributed by atoms with Crippen LogP contribution in [0.3, 0.4) is 0 Å². The molecule has 0 aliphatic carbocycles. The van der Waals surface area contributed by atoms with E-state index in [2.05, 4.69) is 15.9 Å². The summed E-state index contributed by atoms with van der Waals surface area (Å²) in [7, 11) is 0. The van der Waals surface area contributed by atoms with E-state index in [1.54, 1.807) is 18.2 Å². The van der Waals surface area contributed by atoms with Gasteiger partial charge in [-0.15, -0.1) is 0 Å². The third-order valence-corrected chi connectivity index (χ3v) is 3.39. The van der Waals surface area contributed by atoms with Crippen molar-refractivity contribution in [2.75, 3.05) is 0 Å². The first-order valence-corrected chi connectivity index (χ1v) is 6.74. The highest BCUT2D eigenvalue weighted by Gasteiger charge is 2.12. The SMILES string of the molecule is O=C(O)c1cc(Cl)ccc1OCc1ccc(F)c(Br)c1. The van der Waals surface area contributed by atoms with Crippen LogP contribution in [0, 0.1) is 5.82 Å². The van der Waals surface area contributed by atoms with E-state index in [-0.39, 0.29) is 23.7 Å². The molecule has 0 atom stereocenters. The molecule has 0 bridgehead atoms. The largest absolute Gasteiger partial charge is 0.488 e. The molecule has 0 amide bonds. The quantitative estimate of drug-likeness (QED) is 0.873. The van der Waals surface area contributed by atoms with Gasteiger partial charge in [0.05, 0.1) is 4.47 Å². The van der Waals surface area contributed by atoms with Crippen LogP contribution in [0.15, 0.2) is 40.9 Å². The van der Waals surface area contributed by atoms with Crippen molar-refractivity contribution in [3.63, 3.8) is 0 Å². The zero-order valence-electron chi connectivity index (χ0n) is 10.1. The van der Waals surface area contributed by atoms with E-state index < -0.39 is 5.97 Å². The molecule has 2 rings (SSSR count). The Labute approximate surface area is 128 Å². The minimum atomic E-state index is -1.12. The number of hydrogen-bond donors (Lipinski definition) is 1. The molecular weight excluding hydrogens is 351 g/mol. The third kappa shape index (κ3) is 3.49. The first-order chi connectivity index (χ1) is 9.47. The molecule has 0 heterocycles. The Morgan fingerprint density at radius 2 is 2.05 bits per heavy atom. The maximum Gasteiger partial charge on any atom is 0.339 e. The fourth-order valence-electron chi connectivity index (χ4n) is 1.59. The second-order valence-electron chi connectivity index (χ2n) is 3.98. The van der Waals surface area contributed by atoms with E-state index in [9.17, 15) is 9.18 Å². The van der Waals surface area contributed by atoms with Crippen LogP contribution in [0.25, 0.3) is 0 Å². The van der Waals surface area contributed by atoms with E-state index >= 15 is 0 Å². The van der Waals surface area contributed by atoms with E-state index in [0.29, 0.717) is 15.1 Å². The highest BCUT2D eigenvalue weighted by Crippen LogP contribution is 2.24. The molecule has 0 saturated heterocycles. The molecule has 0 saturated carbocycles. The molecule has 20 heavy (non-hydrogen) atoms. The summed E-state index contributed by atoms with van der Waals surface area (Å²) in [6.07, 6.45) is 0. The highest BCUT2D eigenvalue weighted by molar-refractivity contribution is 9.10. The number of benzene rings is 2. The number of halogens is 3. The van der Waals surface area contributed by atoms with Crippen molar-refractivity contribution in [2.45, 2.75) is 6.61 Å². The third-order valence-electron chi connectivity index (χ3n) is 2.55. The molecule has 2 aromatic rings. The summed E-state index contributed by atoms with van der Waals surface area (Å²) in [5.74, 6) is -1.28. The van der Waals surface area contributed by atoms with Gasteiger partial charge in [-0.05, 0) is 51.8 Å². The summed E-state index contributed by atoms with van der Waals surface area (Å²) in [5.41, 5.74) is 0.697. The van der Waals surface area contributed by atoms with Crippen molar-refractivity contribution in [2.24, 2.45) is 0 Å². The smallest absolute Gasteiger partial charge is 0.339 e. The molecule has 6 heteroatoms. The number of carboxylic acid groups (broad SMARTS) is 1. The van der Waals surface area contributed by atoms with Crippen LogP contribution < -0.4 is 4.74 Å². The Bertz CT molecular complexity index is 661. The van der Waals surface area contributed by atoms with Gasteiger partial charge in [0.2, 0.25) is 0 Å². The monoisotopic (exact) mass is 358 g/mol. The van der Waals surface area contributed by atoms with Crippen LogP contribution in [0.1, 0.15) is 15.9 Å². The number of rotatable bonds is 4. The molecule has 0 radical (unpaired) electrons. The molecule has 104 valence electrons. The summed E-state index contributed by atoms with van der Waals surface area (Å²) in [5, 5.41) is 9.39. The van der Waals surface area contributed by atoms with Crippen LogP contribution in [0.2, 0.25) is 5.02 Å². The summed E-state index contributed by atoms with van der Waals surface area (Å²) >= 11 is 8.83. The van der Waals surface area contributed by atoms with Gasteiger partial charge in [0.1, 0.15) is 23.7 Å². The van der Waals surface area contributed by atoms with Crippen LogP contribution in [-0.4, -0.2) is 11.1 Å². The van der Waals surface area contributed by atoms with E-state index in [1.807, 2.05) is 0 Å². The van der Waals surface area contributed by atoms with Gasteiger partial charge in [0, 0.05) is 5.02 Å². The number of carboxylic acids is 1.